The Hall–Kier alpha value is -0.252. The van der Waals surface area contributed by atoms with E-state index in [0.717, 1.165) is 0 Å². The van der Waals surface area contributed by atoms with Crippen LogP contribution in [0.2, 0.25) is 0 Å². The van der Waals surface area contributed by atoms with Crippen LogP contribution in [0.1, 0.15) is 0 Å². The molecular formula is C8H18O2Si4. The van der Waals surface area contributed by atoms with Crippen LogP contribution in [0.5, 0.6) is 0 Å². The smallest absolute Gasteiger partial charge is 0.212 e. The van der Waals surface area contributed by atoms with Crippen LogP contribution in [-0.2, 0) is 8.23 Å². The highest BCUT2D eigenvalue weighted by molar-refractivity contribution is 7.11. The summed E-state index contributed by atoms with van der Waals surface area (Å²) in [6.07, 6.45) is 0. The highest BCUT2D eigenvalue weighted by Gasteiger charge is 2.10. The minimum Gasteiger partial charge on any atom is -0.457 e. The topological polar surface area (TPSA) is 18.5 Å². The summed E-state index contributed by atoms with van der Waals surface area (Å²) in [6.45, 7) is 14.9. The van der Waals surface area contributed by atoms with Crippen molar-refractivity contribution in [2.24, 2.45) is 0 Å². The first-order valence-electron chi connectivity index (χ1n) is 4.50. The van der Waals surface area contributed by atoms with Gasteiger partial charge in [0.1, 0.15) is 0 Å². The minimum absolute atomic E-state index is 0.521. The SMILES string of the molecule is C=C[SiH2]O[SiH](C=C)[SiH2]O[SiH](C=C)C=C. The third-order valence-electron chi connectivity index (χ3n) is 1.61. The molecule has 0 rings (SSSR count). The van der Waals surface area contributed by atoms with Crippen molar-refractivity contribution < 1.29 is 8.23 Å². The summed E-state index contributed by atoms with van der Waals surface area (Å²) in [5.74, 6) is 0. The van der Waals surface area contributed by atoms with Crippen LogP contribution >= 0.6 is 0 Å². The first-order chi connectivity index (χ1) is 6.78. The fraction of sp³-hybridized carbons (Fsp3) is 0. The molecule has 14 heavy (non-hydrogen) atoms. The molecular weight excluding hydrogens is 240 g/mol. The molecule has 0 aliphatic rings. The van der Waals surface area contributed by atoms with Crippen molar-refractivity contribution in [1.29, 1.82) is 0 Å². The van der Waals surface area contributed by atoms with E-state index in [1.807, 2.05) is 22.8 Å². The van der Waals surface area contributed by atoms with Crippen molar-refractivity contribution in [2.75, 3.05) is 0 Å². The zero-order chi connectivity index (χ0) is 10.8. The van der Waals surface area contributed by atoms with E-state index < -0.39 is 36.6 Å². The van der Waals surface area contributed by atoms with Crippen LogP contribution in [0.4, 0.5) is 0 Å². The summed E-state index contributed by atoms with van der Waals surface area (Å²) in [4.78, 5) is 0. The Balaban J connectivity index is 3.80. The van der Waals surface area contributed by atoms with Crippen LogP contribution < -0.4 is 0 Å². The van der Waals surface area contributed by atoms with Gasteiger partial charge >= 0.3 is 0 Å². The van der Waals surface area contributed by atoms with E-state index in [2.05, 4.69) is 26.3 Å². The second-order valence-electron chi connectivity index (χ2n) is 2.67. The van der Waals surface area contributed by atoms with E-state index in [1.54, 1.807) is 0 Å². The Labute approximate surface area is 94.1 Å². The van der Waals surface area contributed by atoms with Gasteiger partial charge in [-0.05, 0) is 0 Å². The molecule has 1 atom stereocenters. The maximum absolute atomic E-state index is 5.79. The zero-order valence-corrected chi connectivity index (χ0v) is 13.7. The Morgan fingerprint density at radius 3 is 2.00 bits per heavy atom. The lowest BCUT2D eigenvalue weighted by molar-refractivity contribution is 0.614. The molecule has 2 nitrogen and oxygen atoms in total. The average Bonchev–Trinajstić information content (AvgIpc) is 2.23. The van der Waals surface area contributed by atoms with Crippen molar-refractivity contribution in [1.82, 2.24) is 0 Å². The van der Waals surface area contributed by atoms with E-state index in [-0.39, 0.29) is 0 Å². The maximum atomic E-state index is 5.79. The van der Waals surface area contributed by atoms with Crippen LogP contribution in [0.25, 0.3) is 0 Å². The van der Waals surface area contributed by atoms with Gasteiger partial charge in [0.2, 0.25) is 9.04 Å². The molecule has 0 amide bonds. The second kappa shape index (κ2) is 9.31. The molecule has 0 N–H and O–H groups in total. The van der Waals surface area contributed by atoms with Gasteiger partial charge in [0, 0.05) is 0 Å². The molecule has 0 aromatic heterocycles. The Morgan fingerprint density at radius 2 is 1.57 bits per heavy atom. The predicted molar refractivity (Wildman–Crippen MR) is 74.3 cm³/mol. The molecule has 0 aliphatic heterocycles. The highest BCUT2D eigenvalue weighted by atomic mass is 29.2. The largest absolute Gasteiger partial charge is 0.457 e. The summed E-state index contributed by atoms with van der Waals surface area (Å²) in [5.41, 5.74) is 7.63. The van der Waals surface area contributed by atoms with Gasteiger partial charge in [-0.25, -0.2) is 0 Å². The van der Waals surface area contributed by atoms with E-state index in [0.29, 0.717) is 0 Å². The Morgan fingerprint density at radius 1 is 0.929 bits per heavy atom. The number of hydrogen-bond donors (Lipinski definition) is 0. The van der Waals surface area contributed by atoms with Gasteiger partial charge in [-0.2, -0.15) is 0 Å². The van der Waals surface area contributed by atoms with Gasteiger partial charge in [-0.3, -0.25) is 0 Å². The molecule has 0 saturated carbocycles. The third kappa shape index (κ3) is 6.24. The molecule has 0 fully saturated rings. The third-order valence-corrected chi connectivity index (χ3v) is 14.3. The molecule has 0 radical (unpaired) electrons. The average molecular weight is 259 g/mol. The van der Waals surface area contributed by atoms with Crippen LogP contribution in [0, 0.1) is 0 Å². The van der Waals surface area contributed by atoms with Gasteiger partial charge in [-0.1, -0.05) is 22.8 Å². The standard InChI is InChI=1S/C8H18O2Si4/c1-5-11-9-14(8-4)12-10-13(6-2)7-3/h5-8,13-14H,1-4,11-12H2. The van der Waals surface area contributed by atoms with Crippen molar-refractivity contribution in [3.63, 3.8) is 0 Å². The molecule has 78 valence electrons. The van der Waals surface area contributed by atoms with E-state index in [4.69, 9.17) is 8.23 Å². The molecule has 0 aromatic rings. The maximum Gasteiger partial charge on any atom is 0.212 e. The van der Waals surface area contributed by atoms with Gasteiger partial charge in [0.25, 0.3) is 0 Å². The van der Waals surface area contributed by atoms with Gasteiger partial charge in [0.05, 0.1) is 0 Å². The molecule has 0 aromatic carbocycles. The lowest BCUT2D eigenvalue weighted by Gasteiger charge is -2.13. The first kappa shape index (κ1) is 13.7. The number of hydrogen-bond acceptors (Lipinski definition) is 2. The number of rotatable bonds is 9. The minimum atomic E-state index is -1.31. The van der Waals surface area contributed by atoms with E-state index in [9.17, 15) is 0 Å². The normalized spacial score (nSPS) is 13.8. The van der Waals surface area contributed by atoms with Crippen molar-refractivity contribution in [3.8, 4) is 0 Å². The fourth-order valence-electron chi connectivity index (χ4n) is 0.814. The summed E-state index contributed by atoms with van der Waals surface area (Å²) < 4.78 is 11.5. The molecule has 1 unspecified atom stereocenters. The molecule has 0 heterocycles. The fourth-order valence-corrected chi connectivity index (χ4v) is 12.5. The second-order valence-corrected chi connectivity index (χ2v) is 13.4. The van der Waals surface area contributed by atoms with Crippen molar-refractivity contribution >= 4 is 36.6 Å². The van der Waals surface area contributed by atoms with Gasteiger partial charge < -0.3 is 8.23 Å². The molecule has 0 aliphatic carbocycles. The summed E-state index contributed by atoms with van der Waals surface area (Å²) >= 11 is 0. The van der Waals surface area contributed by atoms with Gasteiger partial charge in [0.15, 0.2) is 27.6 Å². The summed E-state index contributed by atoms with van der Waals surface area (Å²) in [6, 6.07) is 0. The molecule has 0 spiro atoms. The highest BCUT2D eigenvalue weighted by Crippen LogP contribution is 1.91. The Bertz CT molecular complexity index is 200. The summed E-state index contributed by atoms with van der Waals surface area (Å²) in [7, 11) is -3.60. The van der Waals surface area contributed by atoms with Crippen LogP contribution in [0.15, 0.2) is 49.1 Å². The molecule has 0 saturated heterocycles. The van der Waals surface area contributed by atoms with Crippen molar-refractivity contribution in [2.45, 2.75) is 0 Å². The summed E-state index contributed by atoms with van der Waals surface area (Å²) in [5, 5.41) is 0. The van der Waals surface area contributed by atoms with E-state index >= 15 is 0 Å². The van der Waals surface area contributed by atoms with Crippen LogP contribution in [0.3, 0.4) is 0 Å². The van der Waals surface area contributed by atoms with E-state index in [1.165, 1.54) is 0 Å². The molecule has 0 bridgehead atoms. The van der Waals surface area contributed by atoms with Crippen LogP contribution in [-0.4, -0.2) is 36.6 Å². The monoisotopic (exact) mass is 258 g/mol. The lowest BCUT2D eigenvalue weighted by Crippen LogP contribution is -2.31. The predicted octanol–water partition coefficient (Wildman–Crippen LogP) is -0.549. The van der Waals surface area contributed by atoms with Crippen molar-refractivity contribution in [3.05, 3.63) is 49.1 Å². The van der Waals surface area contributed by atoms with Gasteiger partial charge in [-0.15, -0.1) is 26.3 Å². The molecule has 6 heteroatoms. The Kier molecular flexibility index (Phi) is 9.14. The lowest BCUT2D eigenvalue weighted by atomic mass is 11.2. The zero-order valence-electron chi connectivity index (χ0n) is 8.52. The first-order valence-corrected chi connectivity index (χ1v) is 12.7. The quantitative estimate of drug-likeness (QED) is 0.517.